The summed E-state index contributed by atoms with van der Waals surface area (Å²) < 4.78 is 25.2. The number of hydrogen-bond donors (Lipinski definition) is 2. The molecule has 0 aliphatic carbocycles. The van der Waals surface area contributed by atoms with E-state index >= 15 is 0 Å². The molecule has 0 amide bonds. The summed E-state index contributed by atoms with van der Waals surface area (Å²) in [5, 5.41) is 11.9. The van der Waals surface area contributed by atoms with Crippen molar-refractivity contribution in [2.24, 2.45) is 0 Å². The van der Waals surface area contributed by atoms with Crippen molar-refractivity contribution >= 4 is 15.7 Å². The van der Waals surface area contributed by atoms with Crippen LogP contribution in [0.5, 0.6) is 0 Å². The van der Waals surface area contributed by atoms with Gasteiger partial charge in [0.15, 0.2) is 0 Å². The van der Waals surface area contributed by atoms with E-state index in [1.54, 1.807) is 19.1 Å². The van der Waals surface area contributed by atoms with Crippen LogP contribution in [-0.2, 0) is 10.0 Å². The summed E-state index contributed by atoms with van der Waals surface area (Å²) in [7, 11) is -3.22. The molecule has 0 bridgehead atoms. The first-order valence-corrected chi connectivity index (χ1v) is 7.35. The lowest BCUT2D eigenvalue weighted by Gasteiger charge is -2.09. The van der Waals surface area contributed by atoms with Crippen molar-refractivity contribution < 1.29 is 8.42 Å². The molecule has 0 aliphatic heterocycles. The van der Waals surface area contributed by atoms with E-state index in [1.807, 2.05) is 13.0 Å². The number of benzene rings is 1. The zero-order chi connectivity index (χ0) is 13.6. The molecule has 0 heterocycles. The average molecular weight is 267 g/mol. The number of rotatable bonds is 6. The first kappa shape index (κ1) is 14.5. The van der Waals surface area contributed by atoms with Crippen LogP contribution in [-0.4, -0.2) is 27.3 Å². The van der Waals surface area contributed by atoms with E-state index in [4.69, 9.17) is 5.26 Å². The standard InChI is InChI=1S/C12H17N3O2S/c1-3-15-18(16,17)7-6-14-12-5-4-10(2)8-11(12)9-13/h4-5,8,14-15H,3,6-7H2,1-2H3. The molecule has 0 unspecified atom stereocenters. The zero-order valence-corrected chi connectivity index (χ0v) is 11.3. The second kappa shape index (κ2) is 6.38. The second-order valence-electron chi connectivity index (χ2n) is 3.90. The van der Waals surface area contributed by atoms with Gasteiger partial charge >= 0.3 is 0 Å². The Balaban J connectivity index is 2.63. The Bertz CT molecular complexity index is 547. The minimum Gasteiger partial charge on any atom is -0.383 e. The maximum absolute atomic E-state index is 11.4. The van der Waals surface area contributed by atoms with Gasteiger partial charge in [0, 0.05) is 13.1 Å². The third-order valence-electron chi connectivity index (χ3n) is 2.35. The lowest BCUT2D eigenvalue weighted by Crippen LogP contribution is -2.29. The quantitative estimate of drug-likeness (QED) is 0.812. The van der Waals surface area contributed by atoms with Crippen LogP contribution < -0.4 is 10.0 Å². The van der Waals surface area contributed by atoms with Crippen molar-refractivity contribution in [1.29, 1.82) is 5.26 Å². The first-order chi connectivity index (χ1) is 8.48. The zero-order valence-electron chi connectivity index (χ0n) is 10.5. The minimum absolute atomic E-state index is 0.0143. The molecule has 5 nitrogen and oxygen atoms in total. The minimum atomic E-state index is -3.22. The van der Waals surface area contributed by atoms with E-state index in [0.29, 0.717) is 17.8 Å². The van der Waals surface area contributed by atoms with Crippen LogP contribution in [0.3, 0.4) is 0 Å². The Morgan fingerprint density at radius 1 is 1.39 bits per heavy atom. The maximum atomic E-state index is 11.4. The Morgan fingerprint density at radius 3 is 2.72 bits per heavy atom. The number of nitriles is 1. The highest BCUT2D eigenvalue weighted by Crippen LogP contribution is 2.15. The summed E-state index contributed by atoms with van der Waals surface area (Å²) in [6.07, 6.45) is 0. The van der Waals surface area contributed by atoms with Gasteiger partial charge in [-0.2, -0.15) is 5.26 Å². The predicted octanol–water partition coefficient (Wildman–Crippen LogP) is 1.22. The van der Waals surface area contributed by atoms with Crippen molar-refractivity contribution in [3.05, 3.63) is 29.3 Å². The maximum Gasteiger partial charge on any atom is 0.213 e. The number of nitrogens with one attached hydrogen (secondary N) is 2. The molecule has 18 heavy (non-hydrogen) atoms. The van der Waals surface area contributed by atoms with Gasteiger partial charge in [0.05, 0.1) is 17.0 Å². The molecule has 0 saturated heterocycles. The highest BCUT2D eigenvalue weighted by molar-refractivity contribution is 7.89. The monoisotopic (exact) mass is 267 g/mol. The van der Waals surface area contributed by atoms with Crippen LogP contribution in [0, 0.1) is 18.3 Å². The topological polar surface area (TPSA) is 82.0 Å². The summed E-state index contributed by atoms with van der Waals surface area (Å²) >= 11 is 0. The Kier molecular flexibility index (Phi) is 5.13. The summed E-state index contributed by atoms with van der Waals surface area (Å²) in [6, 6.07) is 7.51. The van der Waals surface area contributed by atoms with E-state index in [-0.39, 0.29) is 12.3 Å². The number of aryl methyl sites for hydroxylation is 1. The molecular weight excluding hydrogens is 250 g/mol. The fourth-order valence-corrected chi connectivity index (χ4v) is 2.47. The van der Waals surface area contributed by atoms with Gasteiger partial charge in [-0.1, -0.05) is 13.0 Å². The molecule has 0 aliphatic rings. The second-order valence-corrected chi connectivity index (χ2v) is 5.83. The van der Waals surface area contributed by atoms with Crippen LogP contribution in [0.2, 0.25) is 0 Å². The Labute approximate surface area is 108 Å². The van der Waals surface area contributed by atoms with E-state index < -0.39 is 10.0 Å². The Hall–Kier alpha value is -1.58. The van der Waals surface area contributed by atoms with E-state index in [0.717, 1.165) is 5.56 Å². The molecule has 6 heteroatoms. The van der Waals surface area contributed by atoms with Crippen LogP contribution >= 0.6 is 0 Å². The lowest BCUT2D eigenvalue weighted by atomic mass is 10.1. The van der Waals surface area contributed by atoms with Gasteiger partial charge in [-0.3, -0.25) is 0 Å². The van der Waals surface area contributed by atoms with Crippen molar-refractivity contribution in [3.8, 4) is 6.07 Å². The van der Waals surface area contributed by atoms with Gasteiger partial charge in [-0.25, -0.2) is 13.1 Å². The smallest absolute Gasteiger partial charge is 0.213 e. The van der Waals surface area contributed by atoms with Crippen LogP contribution in [0.15, 0.2) is 18.2 Å². The van der Waals surface area contributed by atoms with Gasteiger partial charge in [-0.05, 0) is 24.6 Å². The molecular formula is C12H17N3O2S. The van der Waals surface area contributed by atoms with Crippen molar-refractivity contribution in [2.45, 2.75) is 13.8 Å². The highest BCUT2D eigenvalue weighted by Gasteiger charge is 2.08. The highest BCUT2D eigenvalue weighted by atomic mass is 32.2. The lowest BCUT2D eigenvalue weighted by molar-refractivity contribution is 0.584. The van der Waals surface area contributed by atoms with Crippen molar-refractivity contribution in [1.82, 2.24) is 4.72 Å². The molecule has 98 valence electrons. The number of hydrogen-bond acceptors (Lipinski definition) is 4. The SMILES string of the molecule is CCNS(=O)(=O)CCNc1ccc(C)cc1C#N. The fraction of sp³-hybridized carbons (Fsp3) is 0.417. The van der Waals surface area contributed by atoms with Gasteiger partial charge in [0.1, 0.15) is 6.07 Å². The van der Waals surface area contributed by atoms with E-state index in [2.05, 4.69) is 16.1 Å². The predicted molar refractivity (Wildman–Crippen MR) is 71.8 cm³/mol. The molecule has 0 spiro atoms. The van der Waals surface area contributed by atoms with Crippen LogP contribution in [0.25, 0.3) is 0 Å². The van der Waals surface area contributed by atoms with Gasteiger partial charge in [-0.15, -0.1) is 0 Å². The first-order valence-electron chi connectivity index (χ1n) is 5.70. The Morgan fingerprint density at radius 2 is 2.11 bits per heavy atom. The summed E-state index contributed by atoms with van der Waals surface area (Å²) in [5.74, 6) is -0.0143. The van der Waals surface area contributed by atoms with Crippen molar-refractivity contribution in [2.75, 3.05) is 24.2 Å². The largest absolute Gasteiger partial charge is 0.383 e. The molecule has 0 aromatic heterocycles. The van der Waals surface area contributed by atoms with E-state index in [9.17, 15) is 8.42 Å². The van der Waals surface area contributed by atoms with Crippen molar-refractivity contribution in [3.63, 3.8) is 0 Å². The number of sulfonamides is 1. The third-order valence-corrected chi connectivity index (χ3v) is 3.82. The summed E-state index contributed by atoms with van der Waals surface area (Å²) in [5.41, 5.74) is 2.18. The molecule has 1 aromatic carbocycles. The summed E-state index contributed by atoms with van der Waals surface area (Å²) in [4.78, 5) is 0. The average Bonchev–Trinajstić information content (AvgIpc) is 2.30. The normalized spacial score (nSPS) is 10.9. The van der Waals surface area contributed by atoms with E-state index in [1.165, 1.54) is 0 Å². The molecule has 0 radical (unpaired) electrons. The molecule has 2 N–H and O–H groups in total. The molecule has 1 aromatic rings. The molecule has 1 rings (SSSR count). The van der Waals surface area contributed by atoms with Gasteiger partial charge in [0.2, 0.25) is 10.0 Å². The molecule has 0 fully saturated rings. The fourth-order valence-electron chi connectivity index (χ4n) is 1.52. The molecule has 0 saturated carbocycles. The van der Waals surface area contributed by atoms with Crippen LogP contribution in [0.4, 0.5) is 5.69 Å². The number of anilines is 1. The molecule has 0 atom stereocenters. The third kappa shape index (κ3) is 4.35. The summed E-state index contributed by atoms with van der Waals surface area (Å²) in [6.45, 7) is 4.29. The number of nitrogens with zero attached hydrogens (tertiary/aromatic N) is 1. The van der Waals surface area contributed by atoms with Gasteiger partial charge < -0.3 is 5.32 Å². The van der Waals surface area contributed by atoms with Gasteiger partial charge in [0.25, 0.3) is 0 Å². The van der Waals surface area contributed by atoms with Crippen LogP contribution in [0.1, 0.15) is 18.1 Å².